The van der Waals surface area contributed by atoms with Gasteiger partial charge in [0.15, 0.2) is 0 Å². The third-order valence-electron chi connectivity index (χ3n) is 4.68. The van der Waals surface area contributed by atoms with E-state index in [1.807, 2.05) is 0 Å². The Hall–Kier alpha value is -2.10. The van der Waals surface area contributed by atoms with E-state index in [2.05, 4.69) is 120 Å². The maximum absolute atomic E-state index is 7.75. The number of rotatable bonds is 2. The molecule has 31 heavy (non-hydrogen) atoms. The second kappa shape index (κ2) is 14.1. The maximum Gasteiger partial charge on any atom is 3.00 e. The molecule has 0 N–H and O–H groups in total. The smallest absolute Gasteiger partial charge is 0.545 e. The molecule has 0 atom stereocenters. The van der Waals surface area contributed by atoms with E-state index in [9.17, 15) is 0 Å². The summed E-state index contributed by atoms with van der Waals surface area (Å²) in [6.07, 6.45) is 4.80. The van der Waals surface area contributed by atoms with E-state index in [1.54, 1.807) is 0 Å². The standard InChI is InChI=1S/C22H28Si2.3CHO.Cr/c1-23(2,3)21-15-17-7-9-18(10-8-17)16-22(24(4,5)6)20-13-11-19(21)12-14-20;3*1-2;/h7-16H,1-6H3;3*1H;/q;3*-1;+3. The van der Waals surface area contributed by atoms with Crippen molar-refractivity contribution in [1.29, 1.82) is 0 Å². The minimum atomic E-state index is -1.42. The van der Waals surface area contributed by atoms with Crippen molar-refractivity contribution in [3.63, 3.8) is 0 Å². The van der Waals surface area contributed by atoms with Crippen LogP contribution < -0.4 is 20.9 Å². The molecule has 0 spiro atoms. The predicted octanol–water partition coefficient (Wildman–Crippen LogP) is 2.19. The second-order valence-electron chi connectivity index (χ2n) is 8.86. The normalized spacial score (nSPS) is 11.8. The molecule has 0 unspecified atom stereocenters. The topological polar surface area (TPSA) is 51.2 Å². The molecule has 0 fully saturated rings. The first-order chi connectivity index (χ1) is 14.1. The van der Waals surface area contributed by atoms with Crippen molar-refractivity contribution < 1.29 is 31.7 Å². The third-order valence-corrected chi connectivity index (χ3v) is 8.78. The van der Waals surface area contributed by atoms with Crippen molar-refractivity contribution in [1.82, 2.24) is 0 Å². The van der Waals surface area contributed by atoms with Gasteiger partial charge in [-0.05, 0) is 20.9 Å². The van der Waals surface area contributed by atoms with E-state index in [0.717, 1.165) is 0 Å². The Morgan fingerprint density at radius 3 is 0.903 bits per heavy atom. The quantitative estimate of drug-likeness (QED) is 0.371. The van der Waals surface area contributed by atoms with Crippen LogP contribution in [-0.2, 0) is 31.7 Å². The molecule has 6 rings (SSSR count). The van der Waals surface area contributed by atoms with Crippen molar-refractivity contribution in [2.45, 2.75) is 39.3 Å². The fourth-order valence-corrected chi connectivity index (χ4v) is 6.58. The first kappa shape index (κ1) is 31.1. The van der Waals surface area contributed by atoms with Gasteiger partial charge in [-0.25, -0.2) is 0 Å². The zero-order valence-electron chi connectivity index (χ0n) is 19.1. The van der Waals surface area contributed by atoms with Crippen LogP contribution in [0.5, 0.6) is 0 Å². The van der Waals surface area contributed by atoms with Crippen LogP contribution in [0.4, 0.5) is 0 Å². The molecule has 2 aromatic rings. The van der Waals surface area contributed by atoms with E-state index >= 15 is 0 Å². The van der Waals surface area contributed by atoms with Crippen LogP contribution in [0.25, 0.3) is 22.5 Å². The molecular formula is C25H31CrO3Si2. The SMILES string of the molecule is C[Si](C)(C)C1=c2ccc(cc2)=C([Si](C)(C)C)C=c2ccc(cc2)=C1.[CH-]=O.[CH-]=O.[CH-]=O.[Cr+3]. The van der Waals surface area contributed by atoms with Crippen LogP contribution >= 0.6 is 0 Å². The zero-order chi connectivity index (χ0) is 23.5. The summed E-state index contributed by atoms with van der Waals surface area (Å²) in [5, 5.41) is 8.45. The molecule has 2 aromatic carbocycles. The monoisotopic (exact) mass is 487 g/mol. The predicted molar refractivity (Wildman–Crippen MR) is 134 cm³/mol. The summed E-state index contributed by atoms with van der Waals surface area (Å²) in [5.74, 6) is 0. The first-order valence-electron chi connectivity index (χ1n) is 9.50. The van der Waals surface area contributed by atoms with Crippen LogP contribution in [0, 0.1) is 0 Å². The summed E-state index contributed by atoms with van der Waals surface area (Å²) in [6, 6.07) is 18.4. The van der Waals surface area contributed by atoms with Crippen molar-refractivity contribution in [3.05, 3.63) is 69.4 Å². The van der Waals surface area contributed by atoms with Gasteiger partial charge >= 0.3 is 17.4 Å². The molecular weight excluding hydrogens is 456 g/mol. The third kappa shape index (κ3) is 8.88. The van der Waals surface area contributed by atoms with Gasteiger partial charge < -0.3 is 14.4 Å². The van der Waals surface area contributed by atoms with Gasteiger partial charge in [-0.15, -0.1) is 0 Å². The Bertz CT molecular complexity index is 946. The van der Waals surface area contributed by atoms with Gasteiger partial charge in [0.2, 0.25) is 0 Å². The number of carbonyl (C=O) groups excluding carboxylic acids is 3. The van der Waals surface area contributed by atoms with Gasteiger partial charge in [-0.2, -0.15) is 0 Å². The molecule has 1 radical (unpaired) electrons. The maximum atomic E-state index is 7.75. The van der Waals surface area contributed by atoms with E-state index in [0.29, 0.717) is 0 Å². The number of hydrogen-bond donors (Lipinski definition) is 0. The summed E-state index contributed by atoms with van der Waals surface area (Å²) in [6.45, 7) is 24.3. The Labute approximate surface area is 199 Å². The van der Waals surface area contributed by atoms with Gasteiger partial charge in [-0.1, -0.05) is 110 Å². The van der Waals surface area contributed by atoms with Crippen molar-refractivity contribution >= 4 is 59.1 Å². The summed E-state index contributed by atoms with van der Waals surface area (Å²) < 4.78 is 0. The minimum absolute atomic E-state index is 0. The molecule has 0 heterocycles. The Balaban J connectivity index is 0. The van der Waals surface area contributed by atoms with E-state index in [1.165, 1.54) is 31.3 Å². The molecule has 0 aromatic heterocycles. The molecule has 0 saturated carbocycles. The molecule has 4 aliphatic carbocycles. The molecule has 0 amide bonds. The van der Waals surface area contributed by atoms with Crippen LogP contribution in [0.15, 0.2) is 48.5 Å². The summed E-state index contributed by atoms with van der Waals surface area (Å²) in [5.41, 5.74) is 0. The first-order valence-corrected chi connectivity index (χ1v) is 16.5. The van der Waals surface area contributed by atoms with Crippen molar-refractivity contribution in [2.24, 2.45) is 0 Å². The largest absolute Gasteiger partial charge is 3.00 e. The van der Waals surface area contributed by atoms with Crippen LogP contribution in [0.1, 0.15) is 0 Å². The molecule has 4 bridgehead atoms. The van der Waals surface area contributed by atoms with Gasteiger partial charge in [0, 0.05) is 0 Å². The summed E-state index contributed by atoms with van der Waals surface area (Å²) >= 11 is 0. The fourth-order valence-electron chi connectivity index (χ4n) is 3.32. The van der Waals surface area contributed by atoms with Gasteiger partial charge in [0.1, 0.15) is 0 Å². The Kier molecular flexibility index (Phi) is 14.1. The Morgan fingerprint density at radius 2 is 0.710 bits per heavy atom. The van der Waals surface area contributed by atoms with Gasteiger partial charge in [0.05, 0.1) is 16.1 Å². The molecule has 4 aliphatic rings. The van der Waals surface area contributed by atoms with E-state index in [-0.39, 0.29) is 17.4 Å². The van der Waals surface area contributed by atoms with Crippen molar-refractivity contribution in [2.75, 3.05) is 0 Å². The minimum Gasteiger partial charge on any atom is -0.545 e. The second-order valence-corrected chi connectivity index (χ2v) is 18.9. The van der Waals surface area contributed by atoms with Gasteiger partial charge in [0.25, 0.3) is 0 Å². The average Bonchev–Trinajstić information content (AvgIpc) is 2.73. The molecule has 3 nitrogen and oxygen atoms in total. The molecule has 163 valence electrons. The number of hydrogen-bond acceptors (Lipinski definition) is 3. The van der Waals surface area contributed by atoms with E-state index < -0.39 is 16.1 Å². The zero-order valence-corrected chi connectivity index (χ0v) is 22.4. The van der Waals surface area contributed by atoms with Crippen LogP contribution in [-0.4, -0.2) is 36.5 Å². The molecule has 6 heteroatoms. The molecule has 0 aliphatic heterocycles. The summed E-state index contributed by atoms with van der Waals surface area (Å²) in [7, 11) is -2.84. The van der Waals surface area contributed by atoms with E-state index in [4.69, 9.17) is 14.4 Å². The fraction of sp³-hybridized carbons (Fsp3) is 0.240. The van der Waals surface area contributed by atoms with Gasteiger partial charge in [-0.3, -0.25) is 20.4 Å². The van der Waals surface area contributed by atoms with Crippen molar-refractivity contribution in [3.8, 4) is 0 Å². The summed E-state index contributed by atoms with van der Waals surface area (Å²) in [4.78, 5) is 23.2. The molecule has 0 saturated heterocycles. The van der Waals surface area contributed by atoms with Crippen LogP contribution in [0.3, 0.4) is 0 Å². The Morgan fingerprint density at radius 1 is 0.484 bits per heavy atom. The average molecular weight is 488 g/mol. The number of benzene rings is 2. The van der Waals surface area contributed by atoms with Crippen LogP contribution in [0.2, 0.25) is 39.3 Å².